The van der Waals surface area contributed by atoms with Gasteiger partial charge in [0.25, 0.3) is 0 Å². The number of nitrogen functional groups attached to an aromatic ring is 1. The Kier molecular flexibility index (Phi) is 2.60. The molecule has 0 saturated carbocycles. The van der Waals surface area contributed by atoms with E-state index < -0.39 is 0 Å². The van der Waals surface area contributed by atoms with Gasteiger partial charge in [-0.3, -0.25) is 0 Å². The van der Waals surface area contributed by atoms with E-state index in [-0.39, 0.29) is 0 Å². The van der Waals surface area contributed by atoms with Gasteiger partial charge in [0, 0.05) is 18.8 Å². The van der Waals surface area contributed by atoms with Crippen molar-refractivity contribution in [2.45, 2.75) is 0 Å². The Morgan fingerprint density at radius 1 is 1.22 bits per heavy atom. The van der Waals surface area contributed by atoms with Crippen LogP contribution < -0.4 is 5.73 Å². The van der Waals surface area contributed by atoms with Gasteiger partial charge in [0.15, 0.2) is 5.13 Å². The third-order valence-corrected chi connectivity index (χ3v) is 3.54. The summed E-state index contributed by atoms with van der Waals surface area (Å²) in [5.41, 5.74) is 8.70. The molecule has 2 N–H and O–H groups in total. The van der Waals surface area contributed by atoms with Crippen molar-refractivity contribution in [3.05, 3.63) is 42.9 Å². The van der Waals surface area contributed by atoms with E-state index in [1.54, 1.807) is 6.33 Å². The van der Waals surface area contributed by atoms with Gasteiger partial charge in [-0.1, -0.05) is 41.7 Å². The highest BCUT2D eigenvalue weighted by Crippen LogP contribution is 2.36. The zero-order valence-electron chi connectivity index (χ0n) is 9.87. The van der Waals surface area contributed by atoms with Crippen molar-refractivity contribution < 1.29 is 0 Å². The zero-order chi connectivity index (χ0) is 12.5. The Balaban J connectivity index is 2.16. The van der Waals surface area contributed by atoms with Crippen molar-refractivity contribution in [3.63, 3.8) is 0 Å². The van der Waals surface area contributed by atoms with Crippen molar-refractivity contribution in [1.29, 1.82) is 0 Å². The number of benzene rings is 1. The molecule has 3 aromatic rings. The molecule has 4 nitrogen and oxygen atoms in total. The average Bonchev–Trinajstić information content (AvgIpc) is 2.96. The van der Waals surface area contributed by atoms with E-state index >= 15 is 0 Å². The fourth-order valence-electron chi connectivity index (χ4n) is 1.83. The van der Waals surface area contributed by atoms with E-state index in [1.807, 2.05) is 48.1 Å². The van der Waals surface area contributed by atoms with Gasteiger partial charge < -0.3 is 10.3 Å². The summed E-state index contributed by atoms with van der Waals surface area (Å²) in [7, 11) is 1.95. The number of thiazole rings is 1. The Bertz CT molecular complexity index is 669. The zero-order valence-corrected chi connectivity index (χ0v) is 10.7. The van der Waals surface area contributed by atoms with Crippen LogP contribution in [-0.2, 0) is 7.05 Å². The molecule has 0 amide bonds. The monoisotopic (exact) mass is 256 g/mol. The summed E-state index contributed by atoms with van der Waals surface area (Å²) in [6.07, 6.45) is 3.75. The normalized spacial score (nSPS) is 10.7. The minimum absolute atomic E-state index is 0.564. The second-order valence-corrected chi connectivity index (χ2v) is 5.05. The number of hydrogen-bond donors (Lipinski definition) is 1. The van der Waals surface area contributed by atoms with Crippen LogP contribution in [0.1, 0.15) is 0 Å². The summed E-state index contributed by atoms with van der Waals surface area (Å²) in [5.74, 6) is 0. The van der Waals surface area contributed by atoms with Crippen molar-refractivity contribution in [2.75, 3.05) is 5.73 Å². The predicted molar refractivity (Wildman–Crippen MR) is 74.2 cm³/mol. The molecule has 0 atom stereocenters. The van der Waals surface area contributed by atoms with Gasteiger partial charge >= 0.3 is 0 Å². The standard InChI is InChI=1S/C13H12N4S/c1-17-7-10(15-8-17)12-11(16-13(14)18-12)9-5-3-2-4-6-9/h2-8H,1H3,(H2,14,16). The first kappa shape index (κ1) is 11.0. The number of aryl methyl sites for hydroxylation is 1. The van der Waals surface area contributed by atoms with Crippen LogP contribution in [0, 0.1) is 0 Å². The molecule has 90 valence electrons. The molecule has 2 aromatic heterocycles. The van der Waals surface area contributed by atoms with Gasteiger partial charge in [-0.2, -0.15) is 0 Å². The molecule has 0 aliphatic rings. The fourth-order valence-corrected chi connectivity index (χ4v) is 2.65. The van der Waals surface area contributed by atoms with Crippen LogP contribution in [0.4, 0.5) is 5.13 Å². The summed E-state index contributed by atoms with van der Waals surface area (Å²) in [5, 5.41) is 0.564. The molecule has 18 heavy (non-hydrogen) atoms. The highest BCUT2D eigenvalue weighted by atomic mass is 32.1. The lowest BCUT2D eigenvalue weighted by atomic mass is 10.1. The third kappa shape index (κ3) is 1.89. The van der Waals surface area contributed by atoms with Crippen molar-refractivity contribution in [2.24, 2.45) is 7.05 Å². The molecular formula is C13H12N4S. The molecule has 1 aromatic carbocycles. The summed E-state index contributed by atoms with van der Waals surface area (Å²) in [6, 6.07) is 10.0. The van der Waals surface area contributed by atoms with Crippen molar-refractivity contribution in [1.82, 2.24) is 14.5 Å². The van der Waals surface area contributed by atoms with Crippen LogP contribution in [0.15, 0.2) is 42.9 Å². The Morgan fingerprint density at radius 3 is 2.67 bits per heavy atom. The van der Waals surface area contributed by atoms with Crippen LogP contribution in [0.25, 0.3) is 21.8 Å². The molecule has 0 radical (unpaired) electrons. The number of aromatic nitrogens is 3. The summed E-state index contributed by atoms with van der Waals surface area (Å²) in [6.45, 7) is 0. The predicted octanol–water partition coefficient (Wildman–Crippen LogP) is 2.79. The first-order chi connectivity index (χ1) is 8.74. The summed E-state index contributed by atoms with van der Waals surface area (Å²) >= 11 is 1.47. The lowest BCUT2D eigenvalue weighted by Crippen LogP contribution is -1.84. The van der Waals surface area contributed by atoms with Gasteiger partial charge in [0.05, 0.1) is 16.9 Å². The number of rotatable bonds is 2. The van der Waals surface area contributed by atoms with E-state index in [4.69, 9.17) is 5.73 Å². The number of anilines is 1. The number of imidazole rings is 1. The van der Waals surface area contributed by atoms with E-state index in [9.17, 15) is 0 Å². The van der Waals surface area contributed by atoms with E-state index in [0.717, 1.165) is 21.8 Å². The Hall–Kier alpha value is -2.14. The Labute approximate surface area is 109 Å². The van der Waals surface area contributed by atoms with E-state index in [1.165, 1.54) is 11.3 Å². The summed E-state index contributed by atoms with van der Waals surface area (Å²) in [4.78, 5) is 9.79. The molecule has 0 unspecified atom stereocenters. The quantitative estimate of drug-likeness (QED) is 0.767. The van der Waals surface area contributed by atoms with Gasteiger partial charge in [-0.05, 0) is 0 Å². The second kappa shape index (κ2) is 4.27. The third-order valence-electron chi connectivity index (χ3n) is 2.63. The van der Waals surface area contributed by atoms with Gasteiger partial charge in [0.1, 0.15) is 5.69 Å². The summed E-state index contributed by atoms with van der Waals surface area (Å²) < 4.78 is 1.92. The molecule has 0 aliphatic carbocycles. The molecule has 5 heteroatoms. The molecule has 0 fully saturated rings. The smallest absolute Gasteiger partial charge is 0.181 e. The molecule has 2 heterocycles. The lowest BCUT2D eigenvalue weighted by Gasteiger charge is -1.99. The van der Waals surface area contributed by atoms with Crippen molar-refractivity contribution in [3.8, 4) is 21.8 Å². The maximum Gasteiger partial charge on any atom is 0.181 e. The van der Waals surface area contributed by atoms with E-state index in [2.05, 4.69) is 9.97 Å². The fraction of sp³-hybridized carbons (Fsp3) is 0.0769. The first-order valence-electron chi connectivity index (χ1n) is 5.54. The highest BCUT2D eigenvalue weighted by Gasteiger charge is 2.15. The Morgan fingerprint density at radius 2 is 2.00 bits per heavy atom. The molecule has 0 saturated heterocycles. The minimum atomic E-state index is 0.564. The maximum atomic E-state index is 5.83. The highest BCUT2D eigenvalue weighted by molar-refractivity contribution is 7.19. The SMILES string of the molecule is Cn1cnc(-c2sc(N)nc2-c2ccccc2)c1. The molecule has 0 aliphatic heterocycles. The average molecular weight is 256 g/mol. The van der Waals surface area contributed by atoms with Gasteiger partial charge in [-0.15, -0.1) is 0 Å². The lowest BCUT2D eigenvalue weighted by molar-refractivity contribution is 0.913. The van der Waals surface area contributed by atoms with Gasteiger partial charge in [0.2, 0.25) is 0 Å². The number of nitrogens with two attached hydrogens (primary N) is 1. The van der Waals surface area contributed by atoms with Crippen LogP contribution in [-0.4, -0.2) is 14.5 Å². The second-order valence-electron chi connectivity index (χ2n) is 4.02. The van der Waals surface area contributed by atoms with Crippen LogP contribution in [0.5, 0.6) is 0 Å². The molecular weight excluding hydrogens is 244 g/mol. The van der Waals surface area contributed by atoms with Crippen LogP contribution in [0.2, 0.25) is 0 Å². The number of nitrogens with zero attached hydrogens (tertiary/aromatic N) is 3. The first-order valence-corrected chi connectivity index (χ1v) is 6.36. The molecule has 3 rings (SSSR count). The largest absolute Gasteiger partial charge is 0.375 e. The molecule has 0 spiro atoms. The topological polar surface area (TPSA) is 56.7 Å². The number of hydrogen-bond acceptors (Lipinski definition) is 4. The van der Waals surface area contributed by atoms with Crippen LogP contribution in [0.3, 0.4) is 0 Å². The van der Waals surface area contributed by atoms with Crippen molar-refractivity contribution >= 4 is 16.5 Å². The minimum Gasteiger partial charge on any atom is -0.375 e. The maximum absolute atomic E-state index is 5.83. The van der Waals surface area contributed by atoms with E-state index in [0.29, 0.717) is 5.13 Å². The van der Waals surface area contributed by atoms with Crippen LogP contribution >= 0.6 is 11.3 Å². The molecule has 0 bridgehead atoms. The van der Waals surface area contributed by atoms with Gasteiger partial charge in [-0.25, -0.2) is 9.97 Å².